The molecular weight excluding hydrogens is 354 g/mol. The summed E-state index contributed by atoms with van der Waals surface area (Å²) in [6, 6.07) is 12.5. The molecule has 148 valence electrons. The quantitative estimate of drug-likeness (QED) is 0.878. The summed E-state index contributed by atoms with van der Waals surface area (Å²) in [5.41, 5.74) is 7.84. The number of carbonyl (C=O) groups is 1. The van der Waals surface area contributed by atoms with Crippen LogP contribution in [0.25, 0.3) is 0 Å². The number of likely N-dealkylation sites (tertiary alicyclic amines) is 1. The van der Waals surface area contributed by atoms with E-state index in [0.717, 1.165) is 25.9 Å². The summed E-state index contributed by atoms with van der Waals surface area (Å²) in [5.74, 6) is 0.0609. The molecule has 0 radical (unpaired) electrons. The van der Waals surface area contributed by atoms with Crippen LogP contribution in [0.15, 0.2) is 36.4 Å². The van der Waals surface area contributed by atoms with E-state index in [2.05, 4.69) is 46.2 Å². The van der Waals surface area contributed by atoms with Gasteiger partial charge in [0.1, 0.15) is 5.69 Å². The molecule has 28 heavy (non-hydrogen) atoms. The number of para-hydroxylation sites is 1. The average Bonchev–Trinajstić information content (AvgIpc) is 3.11. The van der Waals surface area contributed by atoms with E-state index in [-0.39, 0.29) is 17.5 Å². The maximum atomic E-state index is 12.8. The number of hydrogen-bond donors (Lipinski definition) is 1. The smallest absolute Gasteiger partial charge is 0.272 e. The monoisotopic (exact) mass is 381 g/mol. The Balaban J connectivity index is 1.38. The number of aryl methyl sites for hydroxylation is 1. The number of rotatable bonds is 3. The van der Waals surface area contributed by atoms with Crippen LogP contribution in [0.2, 0.25) is 0 Å². The lowest BCUT2D eigenvalue weighted by atomic mass is 9.87. The van der Waals surface area contributed by atoms with Gasteiger partial charge in [-0.3, -0.25) is 4.79 Å². The van der Waals surface area contributed by atoms with Crippen LogP contribution >= 0.6 is 0 Å². The van der Waals surface area contributed by atoms with E-state index in [9.17, 15) is 4.79 Å². The first-order chi connectivity index (χ1) is 13.5. The van der Waals surface area contributed by atoms with Gasteiger partial charge in [0, 0.05) is 31.5 Å². The molecule has 3 heterocycles. The highest BCUT2D eigenvalue weighted by atomic mass is 16.5. The van der Waals surface area contributed by atoms with E-state index in [1.807, 2.05) is 17.9 Å². The van der Waals surface area contributed by atoms with Gasteiger partial charge in [-0.05, 0) is 44.4 Å². The Morgan fingerprint density at radius 2 is 1.96 bits per heavy atom. The zero-order valence-corrected chi connectivity index (χ0v) is 16.5. The molecule has 1 aromatic heterocycles. The number of amides is 1. The van der Waals surface area contributed by atoms with Crippen molar-refractivity contribution in [3.8, 4) is 0 Å². The summed E-state index contributed by atoms with van der Waals surface area (Å²) >= 11 is 0. The van der Waals surface area contributed by atoms with Gasteiger partial charge < -0.3 is 20.3 Å². The minimum absolute atomic E-state index is 0.0806. The van der Waals surface area contributed by atoms with Crippen molar-refractivity contribution in [3.63, 3.8) is 0 Å². The van der Waals surface area contributed by atoms with Crippen molar-refractivity contribution in [3.05, 3.63) is 47.8 Å². The largest absolute Gasteiger partial charge is 0.373 e. The van der Waals surface area contributed by atoms with Crippen LogP contribution in [0.1, 0.15) is 35.4 Å². The van der Waals surface area contributed by atoms with Crippen LogP contribution in [0.5, 0.6) is 0 Å². The second kappa shape index (κ2) is 7.39. The number of nitrogens with two attached hydrogens (primary N) is 1. The van der Waals surface area contributed by atoms with Crippen molar-refractivity contribution in [1.29, 1.82) is 0 Å². The summed E-state index contributed by atoms with van der Waals surface area (Å²) in [5, 5.41) is 0. The summed E-state index contributed by atoms with van der Waals surface area (Å²) in [7, 11) is 2.13. The van der Waals surface area contributed by atoms with Crippen LogP contribution in [0, 0.1) is 6.92 Å². The Bertz CT molecular complexity index is 829. The highest BCUT2D eigenvalue weighted by Crippen LogP contribution is 2.38. The highest BCUT2D eigenvalue weighted by Gasteiger charge is 2.44. The zero-order chi connectivity index (χ0) is 19.7. The summed E-state index contributed by atoms with van der Waals surface area (Å²) < 4.78 is 6.28. The molecular formula is C21H27N5O2. The van der Waals surface area contributed by atoms with E-state index in [1.54, 1.807) is 6.07 Å². The molecule has 2 saturated heterocycles. The lowest BCUT2D eigenvalue weighted by Crippen LogP contribution is -2.47. The van der Waals surface area contributed by atoms with Crippen molar-refractivity contribution in [2.45, 2.75) is 37.8 Å². The Labute approximate surface area is 165 Å². The number of piperidine rings is 1. The van der Waals surface area contributed by atoms with Gasteiger partial charge in [0.25, 0.3) is 5.91 Å². The third-order valence-electron chi connectivity index (χ3n) is 5.95. The molecule has 0 aliphatic carbocycles. The first-order valence-electron chi connectivity index (χ1n) is 9.78. The topological polar surface area (TPSA) is 84.6 Å². The van der Waals surface area contributed by atoms with Gasteiger partial charge in [0.15, 0.2) is 0 Å². The second-order valence-corrected chi connectivity index (χ2v) is 7.84. The molecule has 1 spiro atoms. The van der Waals surface area contributed by atoms with Gasteiger partial charge in [0.05, 0.1) is 18.2 Å². The van der Waals surface area contributed by atoms with Gasteiger partial charge in [-0.2, -0.15) is 0 Å². The molecule has 1 atom stereocenters. The molecule has 1 amide bonds. The SMILES string of the molecule is Cc1cc(C(=O)N2CCC3(CC2)C[C@@H](N(C)c2ccccc2)CO3)nc(N)n1. The number of aromatic nitrogens is 2. The summed E-state index contributed by atoms with van der Waals surface area (Å²) in [6.45, 7) is 3.88. The third-order valence-corrected chi connectivity index (χ3v) is 5.95. The average molecular weight is 381 g/mol. The van der Waals surface area contributed by atoms with E-state index in [4.69, 9.17) is 10.5 Å². The number of nitrogens with zero attached hydrogens (tertiary/aromatic N) is 4. The van der Waals surface area contributed by atoms with Crippen LogP contribution in [0.3, 0.4) is 0 Å². The van der Waals surface area contributed by atoms with Gasteiger partial charge >= 0.3 is 0 Å². The van der Waals surface area contributed by atoms with E-state index in [0.29, 0.717) is 30.5 Å². The molecule has 2 aromatic rings. The Morgan fingerprint density at radius 3 is 2.64 bits per heavy atom. The molecule has 2 N–H and O–H groups in total. The van der Waals surface area contributed by atoms with Crippen molar-refractivity contribution < 1.29 is 9.53 Å². The molecule has 7 nitrogen and oxygen atoms in total. The lowest BCUT2D eigenvalue weighted by Gasteiger charge is -2.39. The predicted octanol–water partition coefficient (Wildman–Crippen LogP) is 2.27. The number of ether oxygens (including phenoxy) is 1. The number of likely N-dealkylation sites (N-methyl/N-ethyl adjacent to an activating group) is 1. The lowest BCUT2D eigenvalue weighted by molar-refractivity contribution is -0.0389. The van der Waals surface area contributed by atoms with Gasteiger partial charge in [0.2, 0.25) is 5.95 Å². The van der Waals surface area contributed by atoms with Gasteiger partial charge in [-0.15, -0.1) is 0 Å². The molecule has 7 heteroatoms. The Morgan fingerprint density at radius 1 is 1.25 bits per heavy atom. The summed E-state index contributed by atoms with van der Waals surface area (Å²) in [6.07, 6.45) is 2.68. The fraction of sp³-hybridized carbons (Fsp3) is 0.476. The molecule has 0 unspecified atom stereocenters. The number of hydrogen-bond acceptors (Lipinski definition) is 6. The van der Waals surface area contributed by atoms with Crippen molar-refractivity contribution in [2.75, 3.05) is 37.4 Å². The maximum Gasteiger partial charge on any atom is 0.272 e. The van der Waals surface area contributed by atoms with Crippen LogP contribution < -0.4 is 10.6 Å². The molecule has 0 bridgehead atoms. The van der Waals surface area contributed by atoms with E-state index in [1.165, 1.54) is 5.69 Å². The molecule has 4 rings (SSSR count). The minimum atomic E-state index is -0.134. The molecule has 1 aromatic carbocycles. The number of benzene rings is 1. The van der Waals surface area contributed by atoms with Gasteiger partial charge in [-0.25, -0.2) is 9.97 Å². The molecule has 2 aliphatic heterocycles. The number of anilines is 2. The normalized spacial score (nSPS) is 21.1. The van der Waals surface area contributed by atoms with Crippen LogP contribution in [-0.4, -0.2) is 59.2 Å². The fourth-order valence-corrected chi connectivity index (χ4v) is 4.27. The van der Waals surface area contributed by atoms with Crippen LogP contribution in [-0.2, 0) is 4.74 Å². The first kappa shape index (κ1) is 18.7. The highest BCUT2D eigenvalue weighted by molar-refractivity contribution is 5.92. The first-order valence-corrected chi connectivity index (χ1v) is 9.78. The molecule has 2 aliphatic rings. The Hall–Kier alpha value is -2.67. The van der Waals surface area contributed by atoms with E-state index >= 15 is 0 Å². The third kappa shape index (κ3) is 3.67. The molecule has 2 fully saturated rings. The van der Waals surface area contributed by atoms with Gasteiger partial charge in [-0.1, -0.05) is 18.2 Å². The van der Waals surface area contributed by atoms with Crippen molar-refractivity contribution >= 4 is 17.5 Å². The number of nitrogen functional groups attached to an aromatic ring is 1. The van der Waals surface area contributed by atoms with Crippen molar-refractivity contribution in [1.82, 2.24) is 14.9 Å². The standard InChI is InChI=1S/C21H27N5O2/c1-15-12-18(24-20(22)23-15)19(27)26-10-8-21(9-11-26)13-17(14-28-21)25(2)16-6-4-3-5-7-16/h3-7,12,17H,8-11,13-14H2,1-2H3,(H2,22,23,24)/t17-/m1/s1. The molecule has 0 saturated carbocycles. The zero-order valence-electron chi connectivity index (χ0n) is 16.5. The number of carbonyl (C=O) groups excluding carboxylic acids is 1. The predicted molar refractivity (Wildman–Crippen MR) is 108 cm³/mol. The Kier molecular flexibility index (Phi) is 4.93. The van der Waals surface area contributed by atoms with Crippen LogP contribution in [0.4, 0.5) is 11.6 Å². The summed E-state index contributed by atoms with van der Waals surface area (Å²) in [4.78, 5) is 25.1. The second-order valence-electron chi connectivity index (χ2n) is 7.84. The minimum Gasteiger partial charge on any atom is -0.373 e. The maximum absolute atomic E-state index is 12.8. The van der Waals surface area contributed by atoms with Crippen molar-refractivity contribution in [2.24, 2.45) is 0 Å². The fourth-order valence-electron chi connectivity index (χ4n) is 4.27. The van der Waals surface area contributed by atoms with E-state index < -0.39 is 0 Å².